The highest BCUT2D eigenvalue weighted by atomic mass is 35.5. The van der Waals surface area contributed by atoms with E-state index in [9.17, 15) is 13.6 Å². The minimum Gasteiger partial charge on any atom is -0.497 e. The van der Waals surface area contributed by atoms with Crippen LogP contribution in [-0.2, 0) is 0 Å². The highest BCUT2D eigenvalue weighted by molar-refractivity contribution is 6.32. The molecule has 22 heavy (non-hydrogen) atoms. The zero-order chi connectivity index (χ0) is 15.9. The van der Waals surface area contributed by atoms with Gasteiger partial charge in [-0.2, -0.15) is 0 Å². The van der Waals surface area contributed by atoms with Crippen LogP contribution in [0, 0.1) is 11.6 Å². The number of nitrogens with zero attached hydrogens (tertiary/aromatic N) is 1. The van der Waals surface area contributed by atoms with Crippen LogP contribution in [-0.4, -0.2) is 11.7 Å². The lowest BCUT2D eigenvalue weighted by molar-refractivity contribution is 0.415. The molecule has 112 valence electrons. The van der Waals surface area contributed by atoms with Crippen LogP contribution in [0.4, 0.5) is 8.78 Å². The molecule has 1 aromatic heterocycles. The summed E-state index contributed by atoms with van der Waals surface area (Å²) in [5.74, 6) is -1.53. The number of hydrogen-bond donors (Lipinski definition) is 0. The molecule has 3 rings (SSSR count). The van der Waals surface area contributed by atoms with Crippen molar-refractivity contribution in [3.05, 3.63) is 69.5 Å². The normalized spacial score (nSPS) is 10.9. The van der Waals surface area contributed by atoms with E-state index in [-0.39, 0.29) is 10.9 Å². The summed E-state index contributed by atoms with van der Waals surface area (Å²) < 4.78 is 33.5. The van der Waals surface area contributed by atoms with Gasteiger partial charge in [-0.05, 0) is 18.2 Å². The maximum absolute atomic E-state index is 13.6. The number of halogens is 3. The van der Waals surface area contributed by atoms with Crippen molar-refractivity contribution in [3.8, 4) is 11.4 Å². The van der Waals surface area contributed by atoms with Gasteiger partial charge in [0.15, 0.2) is 17.1 Å². The quantitative estimate of drug-likeness (QED) is 0.716. The first kappa shape index (κ1) is 14.5. The van der Waals surface area contributed by atoms with E-state index < -0.39 is 17.1 Å². The number of fused-ring (bicyclic) bond motifs is 1. The van der Waals surface area contributed by atoms with Crippen LogP contribution in [0.3, 0.4) is 0 Å². The van der Waals surface area contributed by atoms with E-state index in [2.05, 4.69) is 0 Å². The molecule has 0 saturated heterocycles. The number of aromatic nitrogens is 1. The smallest absolute Gasteiger partial charge is 0.189 e. The van der Waals surface area contributed by atoms with E-state index in [1.165, 1.54) is 23.9 Å². The number of rotatable bonds is 2. The van der Waals surface area contributed by atoms with Crippen LogP contribution in [0.2, 0.25) is 5.02 Å². The molecule has 0 bridgehead atoms. The molecule has 1 heterocycles. The Balaban J connectivity index is 2.34. The number of benzene rings is 2. The fraction of sp³-hybridized carbons (Fsp3) is 0.0625. The van der Waals surface area contributed by atoms with Crippen LogP contribution < -0.4 is 10.2 Å². The standard InChI is InChI=1S/C16H10ClF2NO2/c1-22-9-2-3-14(11(17)6-9)20-5-4-16(21)10-7-12(18)13(19)8-15(10)20/h2-8H,1H3. The summed E-state index contributed by atoms with van der Waals surface area (Å²) in [5, 5.41) is 0.433. The average molecular weight is 322 g/mol. The van der Waals surface area contributed by atoms with Crippen LogP contribution in [0.1, 0.15) is 0 Å². The van der Waals surface area contributed by atoms with Crippen molar-refractivity contribution in [2.24, 2.45) is 0 Å². The van der Waals surface area contributed by atoms with E-state index in [0.717, 1.165) is 12.1 Å². The van der Waals surface area contributed by atoms with Crippen molar-refractivity contribution in [2.75, 3.05) is 7.11 Å². The van der Waals surface area contributed by atoms with Crippen LogP contribution in [0.15, 0.2) is 47.4 Å². The van der Waals surface area contributed by atoms with Crippen molar-refractivity contribution in [1.82, 2.24) is 4.57 Å². The number of methoxy groups -OCH3 is 1. The second kappa shape index (κ2) is 5.42. The minimum atomic E-state index is -1.07. The van der Waals surface area contributed by atoms with Gasteiger partial charge in [-0.15, -0.1) is 0 Å². The van der Waals surface area contributed by atoms with Gasteiger partial charge >= 0.3 is 0 Å². The molecule has 0 amide bonds. The fourth-order valence-electron chi connectivity index (χ4n) is 2.27. The lowest BCUT2D eigenvalue weighted by Crippen LogP contribution is -2.08. The summed E-state index contributed by atoms with van der Waals surface area (Å²) in [5.41, 5.74) is 0.367. The van der Waals surface area contributed by atoms with E-state index in [0.29, 0.717) is 16.5 Å². The summed E-state index contributed by atoms with van der Waals surface area (Å²) in [6, 6.07) is 8.10. The van der Waals surface area contributed by atoms with Crippen LogP contribution in [0.25, 0.3) is 16.6 Å². The molecule has 0 saturated carbocycles. The molecule has 3 nitrogen and oxygen atoms in total. The Morgan fingerprint density at radius 2 is 1.82 bits per heavy atom. The molecule has 2 aromatic carbocycles. The average Bonchev–Trinajstić information content (AvgIpc) is 2.50. The largest absolute Gasteiger partial charge is 0.497 e. The Morgan fingerprint density at radius 3 is 2.50 bits per heavy atom. The third-order valence-corrected chi connectivity index (χ3v) is 3.66. The van der Waals surface area contributed by atoms with Crippen molar-refractivity contribution in [2.45, 2.75) is 0 Å². The molecule has 0 fully saturated rings. The van der Waals surface area contributed by atoms with E-state index in [1.54, 1.807) is 18.2 Å². The van der Waals surface area contributed by atoms with E-state index in [1.807, 2.05) is 0 Å². The maximum atomic E-state index is 13.6. The molecule has 0 unspecified atom stereocenters. The first-order valence-electron chi connectivity index (χ1n) is 6.35. The van der Waals surface area contributed by atoms with Gasteiger partial charge in [-0.1, -0.05) is 11.6 Å². The van der Waals surface area contributed by atoms with Crippen molar-refractivity contribution >= 4 is 22.5 Å². The topological polar surface area (TPSA) is 31.2 Å². The molecule has 0 spiro atoms. The molecular weight excluding hydrogens is 312 g/mol. The van der Waals surface area contributed by atoms with Gasteiger partial charge < -0.3 is 9.30 Å². The van der Waals surface area contributed by atoms with Gasteiger partial charge in [-0.3, -0.25) is 4.79 Å². The second-order valence-corrected chi connectivity index (χ2v) is 5.06. The lowest BCUT2D eigenvalue weighted by Gasteiger charge is -2.13. The molecular formula is C16H10ClF2NO2. The Labute approximate surface area is 129 Å². The maximum Gasteiger partial charge on any atom is 0.189 e. The predicted molar refractivity (Wildman–Crippen MR) is 81.0 cm³/mol. The zero-order valence-corrected chi connectivity index (χ0v) is 12.2. The Bertz CT molecular complexity index is 937. The first-order valence-corrected chi connectivity index (χ1v) is 6.73. The van der Waals surface area contributed by atoms with Crippen LogP contribution >= 0.6 is 11.6 Å². The van der Waals surface area contributed by atoms with Crippen LogP contribution in [0.5, 0.6) is 5.75 Å². The summed E-state index contributed by atoms with van der Waals surface area (Å²) >= 11 is 6.21. The Kier molecular flexibility index (Phi) is 3.58. The SMILES string of the molecule is COc1ccc(-n2ccc(=O)c3cc(F)c(F)cc32)c(Cl)c1. The fourth-order valence-corrected chi connectivity index (χ4v) is 2.53. The summed E-state index contributed by atoms with van der Waals surface area (Å²) in [7, 11) is 1.51. The molecule has 0 aliphatic heterocycles. The third kappa shape index (κ3) is 2.33. The van der Waals surface area contributed by atoms with E-state index >= 15 is 0 Å². The summed E-state index contributed by atoms with van der Waals surface area (Å²) in [4.78, 5) is 11.9. The van der Waals surface area contributed by atoms with Crippen molar-refractivity contribution < 1.29 is 13.5 Å². The number of ether oxygens (including phenoxy) is 1. The molecule has 0 aliphatic carbocycles. The Hall–Kier alpha value is -2.40. The Morgan fingerprint density at radius 1 is 1.09 bits per heavy atom. The van der Waals surface area contributed by atoms with Gasteiger partial charge in [0.05, 0.1) is 23.3 Å². The van der Waals surface area contributed by atoms with Crippen molar-refractivity contribution in [3.63, 3.8) is 0 Å². The minimum absolute atomic E-state index is 0.0771. The molecule has 0 N–H and O–H groups in total. The first-order chi connectivity index (χ1) is 10.5. The van der Waals surface area contributed by atoms with Gasteiger partial charge in [0.25, 0.3) is 0 Å². The molecule has 3 aromatic rings. The molecule has 0 radical (unpaired) electrons. The lowest BCUT2D eigenvalue weighted by atomic mass is 10.2. The second-order valence-electron chi connectivity index (χ2n) is 4.65. The predicted octanol–water partition coefficient (Wildman–Crippen LogP) is 3.93. The summed E-state index contributed by atoms with van der Waals surface area (Å²) in [6.45, 7) is 0. The number of hydrogen-bond acceptors (Lipinski definition) is 2. The highest BCUT2D eigenvalue weighted by Crippen LogP contribution is 2.28. The molecule has 0 aliphatic rings. The zero-order valence-electron chi connectivity index (χ0n) is 11.4. The summed E-state index contributed by atoms with van der Waals surface area (Å²) in [6.07, 6.45) is 1.47. The van der Waals surface area contributed by atoms with Gasteiger partial charge in [0, 0.05) is 29.8 Å². The monoisotopic (exact) mass is 321 g/mol. The highest BCUT2D eigenvalue weighted by Gasteiger charge is 2.12. The van der Waals surface area contributed by atoms with Gasteiger partial charge in [0.1, 0.15) is 5.75 Å². The third-order valence-electron chi connectivity index (χ3n) is 3.35. The van der Waals surface area contributed by atoms with E-state index in [4.69, 9.17) is 16.3 Å². The van der Waals surface area contributed by atoms with Crippen molar-refractivity contribution in [1.29, 1.82) is 0 Å². The number of pyridine rings is 1. The molecule has 6 heteroatoms. The van der Waals surface area contributed by atoms with Gasteiger partial charge in [-0.25, -0.2) is 8.78 Å². The van der Waals surface area contributed by atoms with Gasteiger partial charge in [0.2, 0.25) is 0 Å². The molecule has 0 atom stereocenters.